The normalized spacial score (nSPS) is 14.9. The number of hydrogen-bond acceptors (Lipinski definition) is 6. The highest BCUT2D eigenvalue weighted by Crippen LogP contribution is 2.44. The van der Waals surface area contributed by atoms with Crippen LogP contribution >= 0.6 is 10.8 Å². The van der Waals surface area contributed by atoms with Crippen molar-refractivity contribution in [3.05, 3.63) is 76.1 Å². The first kappa shape index (κ1) is 21.5. The first-order chi connectivity index (χ1) is 14.7. The molecule has 1 aliphatic rings. The van der Waals surface area contributed by atoms with Crippen molar-refractivity contribution in [1.29, 1.82) is 0 Å². The number of nitrogens with zero attached hydrogens (tertiary/aromatic N) is 3. The molecule has 6 nitrogen and oxygen atoms in total. The molecule has 162 valence electrons. The number of aryl methyl sites for hydroxylation is 1. The van der Waals surface area contributed by atoms with Crippen LogP contribution in [0.25, 0.3) is 0 Å². The van der Waals surface area contributed by atoms with E-state index in [1.165, 1.54) is 0 Å². The molecular formula is C23H25N3O3S2. The predicted octanol–water partition coefficient (Wildman–Crippen LogP) is 4.29. The highest BCUT2D eigenvalue weighted by Gasteiger charge is 2.23. The second-order valence-electron chi connectivity index (χ2n) is 7.81. The van der Waals surface area contributed by atoms with Crippen LogP contribution in [0, 0.1) is 11.4 Å². The zero-order valence-electron chi connectivity index (χ0n) is 18.2. The molecule has 0 fully saturated rings. The van der Waals surface area contributed by atoms with Gasteiger partial charge in [0.05, 0.1) is 25.3 Å². The molecule has 1 aliphatic heterocycles. The first-order valence-corrected chi connectivity index (χ1v) is 12.3. The molecular weight excluding hydrogens is 430 g/mol. The summed E-state index contributed by atoms with van der Waals surface area (Å²) in [6.45, 7) is 1.92. The summed E-state index contributed by atoms with van der Waals surface area (Å²) in [6, 6.07) is 18.4. The topological polar surface area (TPSA) is 62.2 Å². The van der Waals surface area contributed by atoms with Gasteiger partial charge in [-0.25, -0.2) is 4.99 Å². The van der Waals surface area contributed by atoms with E-state index in [2.05, 4.69) is 0 Å². The predicted molar refractivity (Wildman–Crippen MR) is 126 cm³/mol. The maximum Gasteiger partial charge on any atom is 0.307 e. The fourth-order valence-electron chi connectivity index (χ4n) is 3.20. The van der Waals surface area contributed by atoms with Gasteiger partial charge >= 0.3 is 10.1 Å². The van der Waals surface area contributed by atoms with E-state index in [-0.39, 0.29) is 4.90 Å². The second-order valence-corrected chi connectivity index (χ2v) is 11.1. The van der Waals surface area contributed by atoms with Crippen molar-refractivity contribution in [2.45, 2.75) is 16.7 Å². The van der Waals surface area contributed by atoms with Gasteiger partial charge in [-0.1, -0.05) is 17.7 Å². The summed E-state index contributed by atoms with van der Waals surface area (Å²) in [7, 11) is 2.64. The number of hydrogen-bond donors (Lipinski definition) is 0. The standard InChI is InChI=1S/C23H25N3O3S2/c1-16-6-10-19(11-7-16)31(27,28)29-30-22-14-17(25(2)3)8-12-20(22)24-21-13-9-18(26(4)5)15-23(21)30/h6-15H,1-5H3. The Balaban J connectivity index is 1.97. The van der Waals surface area contributed by atoms with E-state index in [4.69, 9.17) is 8.62 Å². The van der Waals surface area contributed by atoms with Gasteiger partial charge in [-0.05, 0) is 55.5 Å². The molecule has 1 atom stereocenters. The van der Waals surface area contributed by atoms with Crippen LogP contribution in [-0.2, 0) is 13.7 Å². The number of benzene rings is 3. The zero-order valence-corrected chi connectivity index (χ0v) is 19.8. The monoisotopic (exact) mass is 455 g/mol. The van der Waals surface area contributed by atoms with Gasteiger partial charge in [0.1, 0.15) is 0 Å². The molecule has 1 heterocycles. The third kappa shape index (κ3) is 4.23. The number of fused-ring (bicyclic) bond motifs is 2. The van der Waals surface area contributed by atoms with Gasteiger partial charge in [-0.2, -0.15) is 12.0 Å². The van der Waals surface area contributed by atoms with E-state index in [0.29, 0.717) is 0 Å². The molecule has 3 aromatic carbocycles. The molecule has 0 amide bonds. The van der Waals surface area contributed by atoms with Crippen molar-refractivity contribution >= 4 is 37.9 Å². The van der Waals surface area contributed by atoms with E-state index in [1.807, 2.05) is 81.3 Å². The minimum absolute atomic E-state index is 0.142. The van der Waals surface area contributed by atoms with E-state index >= 15 is 0 Å². The first-order valence-electron chi connectivity index (χ1n) is 9.76. The Kier molecular flexibility index (Phi) is 5.63. The Morgan fingerprint density at radius 3 is 2.10 bits per heavy atom. The molecule has 0 radical (unpaired) electrons. The van der Waals surface area contributed by atoms with Crippen molar-refractivity contribution < 1.29 is 12.0 Å². The number of rotatable bonds is 5. The Labute approximate surface area is 185 Å². The Morgan fingerprint density at radius 1 is 0.839 bits per heavy atom. The third-order valence-electron chi connectivity index (χ3n) is 5.03. The summed E-state index contributed by atoms with van der Waals surface area (Å²) in [4.78, 5) is 9.62. The molecule has 1 unspecified atom stereocenters. The fourth-order valence-corrected chi connectivity index (χ4v) is 6.59. The Bertz CT molecular complexity index is 1380. The lowest BCUT2D eigenvalue weighted by molar-refractivity contribution is 0.516. The van der Waals surface area contributed by atoms with Crippen LogP contribution < -0.4 is 15.2 Å². The van der Waals surface area contributed by atoms with Crippen LogP contribution in [-0.4, -0.2) is 36.6 Å². The van der Waals surface area contributed by atoms with Gasteiger partial charge in [-0.3, -0.25) is 0 Å². The van der Waals surface area contributed by atoms with Crippen molar-refractivity contribution in [2.24, 2.45) is 4.99 Å². The van der Waals surface area contributed by atoms with Crippen LogP contribution in [0.4, 0.5) is 17.1 Å². The molecule has 0 N–H and O–H groups in total. The SMILES string of the molecule is Cc1ccc(S(=O)(=O)OS2=c3cc(N(C)C)ccc3=Nc3ccc(N(C)C)cc32)cc1. The molecule has 3 aromatic rings. The molecule has 0 spiro atoms. The average molecular weight is 456 g/mol. The average Bonchev–Trinajstić information content (AvgIpc) is 2.73. The molecule has 0 bridgehead atoms. The number of anilines is 2. The zero-order chi connectivity index (χ0) is 22.3. The van der Waals surface area contributed by atoms with Gasteiger partial charge < -0.3 is 9.80 Å². The fraction of sp³-hybridized carbons (Fsp3) is 0.217. The molecule has 0 aromatic heterocycles. The maximum absolute atomic E-state index is 13.2. The highest BCUT2D eigenvalue weighted by molar-refractivity contribution is 8.11. The van der Waals surface area contributed by atoms with E-state index in [9.17, 15) is 8.42 Å². The van der Waals surface area contributed by atoms with Crippen molar-refractivity contribution in [3.63, 3.8) is 0 Å². The second kappa shape index (κ2) is 8.11. The quantitative estimate of drug-likeness (QED) is 0.537. The van der Waals surface area contributed by atoms with Crippen LogP contribution in [0.15, 0.2) is 75.4 Å². The molecule has 0 saturated carbocycles. The van der Waals surface area contributed by atoms with Gasteiger partial charge in [0.25, 0.3) is 0 Å². The molecule has 4 rings (SSSR count). The van der Waals surface area contributed by atoms with Crippen LogP contribution in [0.1, 0.15) is 5.56 Å². The largest absolute Gasteiger partial charge is 0.378 e. The summed E-state index contributed by atoms with van der Waals surface area (Å²) in [5.41, 5.74) is 3.61. The van der Waals surface area contributed by atoms with Gasteiger partial charge in [0.2, 0.25) is 0 Å². The lowest BCUT2D eigenvalue weighted by Gasteiger charge is -2.20. The highest BCUT2D eigenvalue weighted by atomic mass is 32.3. The smallest absolute Gasteiger partial charge is 0.307 e. The Hall–Kier alpha value is -2.68. The van der Waals surface area contributed by atoms with E-state index in [0.717, 1.165) is 37.4 Å². The lowest BCUT2D eigenvalue weighted by atomic mass is 10.2. The van der Waals surface area contributed by atoms with Crippen molar-refractivity contribution in [1.82, 2.24) is 0 Å². The van der Waals surface area contributed by atoms with Gasteiger partial charge in [-0.15, -0.1) is 0 Å². The minimum Gasteiger partial charge on any atom is -0.378 e. The summed E-state index contributed by atoms with van der Waals surface area (Å²) in [5, 5.41) is 0.721. The van der Waals surface area contributed by atoms with Crippen molar-refractivity contribution in [3.8, 4) is 0 Å². The van der Waals surface area contributed by atoms with Crippen molar-refractivity contribution in [2.75, 3.05) is 38.0 Å². The van der Waals surface area contributed by atoms with Crippen LogP contribution in [0.2, 0.25) is 0 Å². The molecule has 8 heteroatoms. The molecule has 0 aliphatic carbocycles. The Morgan fingerprint density at radius 2 is 1.45 bits per heavy atom. The van der Waals surface area contributed by atoms with E-state index in [1.54, 1.807) is 24.3 Å². The van der Waals surface area contributed by atoms with Crippen LogP contribution in [0.3, 0.4) is 0 Å². The van der Waals surface area contributed by atoms with Crippen LogP contribution in [0.5, 0.6) is 0 Å². The van der Waals surface area contributed by atoms with Gasteiger partial charge in [0, 0.05) is 50.3 Å². The third-order valence-corrected chi connectivity index (χ3v) is 8.59. The molecule has 31 heavy (non-hydrogen) atoms. The maximum atomic E-state index is 13.2. The summed E-state index contributed by atoms with van der Waals surface area (Å²) in [6.07, 6.45) is 0. The lowest BCUT2D eigenvalue weighted by Crippen LogP contribution is -2.14. The summed E-state index contributed by atoms with van der Waals surface area (Å²) >= 11 is 0. The summed E-state index contributed by atoms with van der Waals surface area (Å²) in [5.74, 6) is 0. The molecule has 0 saturated heterocycles. The van der Waals surface area contributed by atoms with Gasteiger partial charge in [0.15, 0.2) is 0 Å². The minimum atomic E-state index is -3.98. The van der Waals surface area contributed by atoms with E-state index < -0.39 is 20.9 Å². The summed E-state index contributed by atoms with van der Waals surface area (Å²) < 4.78 is 33.1.